The second-order valence-electron chi connectivity index (χ2n) is 5.57. The van der Waals surface area contributed by atoms with Crippen molar-refractivity contribution in [1.82, 2.24) is 0 Å². The predicted molar refractivity (Wildman–Crippen MR) is 91.9 cm³/mol. The Morgan fingerprint density at radius 2 is 1.76 bits per heavy atom. The molecule has 1 atom stereocenters. The lowest BCUT2D eigenvalue weighted by atomic mass is 10.1. The number of nitrogens with one attached hydrogen (secondary N) is 1. The van der Waals surface area contributed by atoms with Crippen molar-refractivity contribution in [3.8, 4) is 0 Å². The van der Waals surface area contributed by atoms with E-state index in [-0.39, 0.29) is 23.0 Å². The highest BCUT2D eigenvalue weighted by Gasteiger charge is 2.37. The highest BCUT2D eigenvalue weighted by molar-refractivity contribution is 6.44. The van der Waals surface area contributed by atoms with Gasteiger partial charge < -0.3 is 10.2 Å². The minimum Gasteiger partial charge on any atom is -0.324 e. The number of hydrogen-bond donors (Lipinski definition) is 1. The molecule has 0 bridgehead atoms. The Bertz CT molecular complexity index is 840. The highest BCUT2D eigenvalue weighted by atomic mass is 35.5. The quantitative estimate of drug-likeness (QED) is 0.858. The van der Waals surface area contributed by atoms with Crippen LogP contribution in [-0.2, 0) is 9.59 Å². The van der Waals surface area contributed by atoms with E-state index in [1.807, 2.05) is 0 Å². The molecule has 3 rings (SSSR count). The van der Waals surface area contributed by atoms with Crippen LogP contribution in [0.2, 0.25) is 10.0 Å². The average Bonchev–Trinajstić information content (AvgIpc) is 2.93. The zero-order chi connectivity index (χ0) is 18.1. The van der Waals surface area contributed by atoms with Crippen molar-refractivity contribution in [2.75, 3.05) is 16.8 Å². The summed E-state index contributed by atoms with van der Waals surface area (Å²) in [6.45, 7) is -0.124. The molecule has 0 aliphatic carbocycles. The second-order valence-corrected chi connectivity index (χ2v) is 6.35. The van der Waals surface area contributed by atoms with Gasteiger partial charge >= 0.3 is 0 Å². The number of nitrogens with zero attached hydrogens (tertiary/aromatic N) is 1. The van der Waals surface area contributed by atoms with Gasteiger partial charge in [-0.2, -0.15) is 0 Å². The lowest BCUT2D eigenvalue weighted by Gasteiger charge is -2.18. The summed E-state index contributed by atoms with van der Waals surface area (Å²) < 4.78 is 27.8. The zero-order valence-corrected chi connectivity index (χ0v) is 14.2. The maximum atomic E-state index is 13.9. The molecule has 1 aliphatic rings. The van der Waals surface area contributed by atoms with Gasteiger partial charge in [-0.15, -0.1) is 0 Å². The van der Waals surface area contributed by atoms with E-state index in [9.17, 15) is 18.4 Å². The van der Waals surface area contributed by atoms with E-state index in [2.05, 4.69) is 5.32 Å². The smallest absolute Gasteiger partial charge is 0.229 e. The monoisotopic (exact) mass is 384 g/mol. The molecule has 0 saturated carbocycles. The van der Waals surface area contributed by atoms with Crippen LogP contribution in [0.15, 0.2) is 36.4 Å². The average molecular weight is 385 g/mol. The molecule has 2 aromatic carbocycles. The van der Waals surface area contributed by atoms with Crippen LogP contribution < -0.4 is 10.2 Å². The molecule has 2 aromatic rings. The van der Waals surface area contributed by atoms with E-state index >= 15 is 0 Å². The number of hydrogen-bond acceptors (Lipinski definition) is 2. The molecular weight excluding hydrogens is 373 g/mol. The lowest BCUT2D eigenvalue weighted by Crippen LogP contribution is -2.29. The van der Waals surface area contributed by atoms with Gasteiger partial charge in [0.25, 0.3) is 0 Å². The van der Waals surface area contributed by atoms with Crippen LogP contribution in [0.4, 0.5) is 20.2 Å². The summed E-state index contributed by atoms with van der Waals surface area (Å²) in [5.74, 6) is -3.47. The molecule has 0 aromatic heterocycles. The Balaban J connectivity index is 1.78. The third kappa shape index (κ3) is 3.45. The number of carbonyl (C=O) groups is 2. The molecule has 1 heterocycles. The van der Waals surface area contributed by atoms with Gasteiger partial charge in [0, 0.05) is 13.0 Å². The fourth-order valence-corrected chi connectivity index (χ4v) is 3.03. The topological polar surface area (TPSA) is 49.4 Å². The first-order valence-corrected chi connectivity index (χ1v) is 8.13. The van der Waals surface area contributed by atoms with Crippen molar-refractivity contribution in [1.29, 1.82) is 0 Å². The molecule has 25 heavy (non-hydrogen) atoms. The van der Waals surface area contributed by atoms with Crippen LogP contribution in [0.5, 0.6) is 0 Å². The predicted octanol–water partition coefficient (Wildman–Crippen LogP) is 4.26. The first-order valence-electron chi connectivity index (χ1n) is 7.37. The normalized spacial score (nSPS) is 17.0. The van der Waals surface area contributed by atoms with Crippen molar-refractivity contribution in [3.05, 3.63) is 58.1 Å². The van der Waals surface area contributed by atoms with Crippen LogP contribution in [0.1, 0.15) is 6.42 Å². The highest BCUT2D eigenvalue weighted by Crippen LogP contribution is 2.32. The van der Waals surface area contributed by atoms with Crippen LogP contribution in [0.3, 0.4) is 0 Å². The van der Waals surface area contributed by atoms with E-state index in [1.165, 1.54) is 6.07 Å². The zero-order valence-electron chi connectivity index (χ0n) is 12.7. The van der Waals surface area contributed by atoms with Gasteiger partial charge in [0.2, 0.25) is 11.8 Å². The first-order chi connectivity index (χ1) is 11.9. The van der Waals surface area contributed by atoms with Gasteiger partial charge in [-0.1, -0.05) is 35.3 Å². The Morgan fingerprint density at radius 3 is 2.44 bits per heavy atom. The summed E-state index contributed by atoms with van der Waals surface area (Å²) in [4.78, 5) is 25.5. The van der Waals surface area contributed by atoms with Gasteiger partial charge in [0.1, 0.15) is 17.3 Å². The van der Waals surface area contributed by atoms with Crippen molar-refractivity contribution >= 4 is 46.4 Å². The summed E-state index contributed by atoms with van der Waals surface area (Å²) in [6, 6.07) is 8.08. The fraction of sp³-hybridized carbons (Fsp3) is 0.176. The number of para-hydroxylation sites is 1. The van der Waals surface area contributed by atoms with Gasteiger partial charge in [-0.3, -0.25) is 9.59 Å². The second kappa shape index (κ2) is 6.98. The Kier molecular flexibility index (Phi) is 4.92. The fourth-order valence-electron chi connectivity index (χ4n) is 2.68. The van der Waals surface area contributed by atoms with E-state index in [0.717, 1.165) is 17.0 Å². The molecule has 8 heteroatoms. The summed E-state index contributed by atoms with van der Waals surface area (Å²) >= 11 is 11.9. The molecule has 1 saturated heterocycles. The molecule has 0 radical (unpaired) electrons. The minimum absolute atomic E-state index is 0.124. The van der Waals surface area contributed by atoms with E-state index in [4.69, 9.17) is 23.2 Å². The minimum atomic E-state index is -0.854. The molecule has 4 nitrogen and oxygen atoms in total. The Labute approximate surface area is 152 Å². The number of anilines is 2. The Morgan fingerprint density at radius 1 is 1.12 bits per heavy atom. The van der Waals surface area contributed by atoms with Crippen molar-refractivity contribution in [2.24, 2.45) is 5.92 Å². The summed E-state index contributed by atoms with van der Waals surface area (Å²) in [7, 11) is 0. The lowest BCUT2D eigenvalue weighted by molar-refractivity contribution is -0.122. The standard InChI is InChI=1S/C17H12Cl2F2N2O2/c18-10-3-1-6-13(15(10)19)22-17(25)9-7-14(24)23(8-9)16-11(20)4-2-5-12(16)21/h1-6,9H,7-8H2,(H,22,25). The van der Waals surface area contributed by atoms with Crippen LogP contribution >= 0.6 is 23.2 Å². The van der Waals surface area contributed by atoms with Gasteiger partial charge in [-0.05, 0) is 24.3 Å². The molecular formula is C17H12Cl2F2N2O2. The third-order valence-electron chi connectivity index (χ3n) is 3.91. The van der Waals surface area contributed by atoms with E-state index in [0.29, 0.717) is 5.69 Å². The van der Waals surface area contributed by atoms with Gasteiger partial charge in [0.05, 0.1) is 21.7 Å². The summed E-state index contributed by atoms with van der Waals surface area (Å²) in [6.07, 6.45) is -0.155. The van der Waals surface area contributed by atoms with Crippen molar-refractivity contribution in [2.45, 2.75) is 6.42 Å². The first kappa shape index (κ1) is 17.6. The van der Waals surface area contributed by atoms with Crippen LogP contribution in [0.25, 0.3) is 0 Å². The third-order valence-corrected chi connectivity index (χ3v) is 4.73. The molecule has 1 fully saturated rings. The molecule has 130 valence electrons. The maximum Gasteiger partial charge on any atom is 0.229 e. The van der Waals surface area contributed by atoms with Crippen molar-refractivity contribution < 1.29 is 18.4 Å². The summed E-state index contributed by atoms with van der Waals surface area (Å²) in [5.41, 5.74) is -0.134. The molecule has 0 spiro atoms. The number of carbonyl (C=O) groups excluding carboxylic acids is 2. The van der Waals surface area contributed by atoms with Gasteiger partial charge in [0.15, 0.2) is 0 Å². The number of benzene rings is 2. The molecule has 2 amide bonds. The SMILES string of the molecule is O=C(Nc1cccc(Cl)c1Cl)C1CC(=O)N(c2c(F)cccc2F)C1. The molecule has 1 unspecified atom stereocenters. The molecule has 1 N–H and O–H groups in total. The van der Waals surface area contributed by atoms with Crippen LogP contribution in [0, 0.1) is 17.6 Å². The van der Waals surface area contributed by atoms with Crippen LogP contribution in [-0.4, -0.2) is 18.4 Å². The number of rotatable bonds is 3. The Hall–Kier alpha value is -2.18. The van der Waals surface area contributed by atoms with E-state index in [1.54, 1.807) is 18.2 Å². The number of halogens is 4. The van der Waals surface area contributed by atoms with E-state index < -0.39 is 35.1 Å². The maximum absolute atomic E-state index is 13.9. The molecule has 1 aliphatic heterocycles. The number of amides is 2. The van der Waals surface area contributed by atoms with Gasteiger partial charge in [-0.25, -0.2) is 8.78 Å². The van der Waals surface area contributed by atoms with Crippen molar-refractivity contribution in [3.63, 3.8) is 0 Å². The summed E-state index contributed by atoms with van der Waals surface area (Å²) in [5, 5.41) is 3.05. The largest absolute Gasteiger partial charge is 0.324 e.